The van der Waals surface area contributed by atoms with Crippen LogP contribution in [0.3, 0.4) is 0 Å². The fourth-order valence-corrected chi connectivity index (χ4v) is 3.02. The van der Waals surface area contributed by atoms with E-state index in [2.05, 4.69) is 10.4 Å². The van der Waals surface area contributed by atoms with Crippen LogP contribution in [0.5, 0.6) is 5.88 Å². The van der Waals surface area contributed by atoms with Crippen molar-refractivity contribution in [3.63, 3.8) is 0 Å². The van der Waals surface area contributed by atoms with Gasteiger partial charge in [-0.25, -0.2) is 23.1 Å². The van der Waals surface area contributed by atoms with Crippen LogP contribution < -0.4 is 10.1 Å². The summed E-state index contributed by atoms with van der Waals surface area (Å²) >= 11 is 0. The maximum absolute atomic E-state index is 14.2. The minimum Gasteiger partial charge on any atom is -0.478 e. The zero-order valence-corrected chi connectivity index (χ0v) is 17.3. The van der Waals surface area contributed by atoms with Crippen molar-refractivity contribution in [1.29, 1.82) is 0 Å². The van der Waals surface area contributed by atoms with Crippen LogP contribution >= 0.6 is 0 Å². The number of aromatic nitrogens is 2. The topological polar surface area (TPSA) is 123 Å². The fraction of sp³-hybridized carbons (Fsp3) is 0.227. The monoisotopic (exact) mass is 461 g/mol. The molecule has 1 unspecified atom stereocenters. The minimum atomic E-state index is -1.26. The summed E-state index contributed by atoms with van der Waals surface area (Å²) in [6, 6.07) is 10.8. The van der Waals surface area contributed by atoms with Gasteiger partial charge in [0.2, 0.25) is 5.88 Å². The SMILES string of the molecule is Fc1ccc(-n2nc(OCC3CNCCO3)c3ccccc32)c(F)c1.O=C(O)C=CC(=O)O. The van der Waals surface area contributed by atoms with Crippen LogP contribution in [0.15, 0.2) is 54.6 Å². The molecular weight excluding hydrogens is 440 g/mol. The van der Waals surface area contributed by atoms with Gasteiger partial charge in [-0.3, -0.25) is 0 Å². The van der Waals surface area contributed by atoms with Crippen molar-refractivity contribution in [2.45, 2.75) is 6.10 Å². The van der Waals surface area contributed by atoms with Gasteiger partial charge in [-0.15, -0.1) is 5.10 Å². The maximum atomic E-state index is 14.2. The highest BCUT2D eigenvalue weighted by Gasteiger charge is 2.19. The number of carboxylic acid groups (broad SMARTS) is 2. The molecule has 1 saturated heterocycles. The average Bonchev–Trinajstić information content (AvgIpc) is 3.16. The molecule has 0 bridgehead atoms. The molecule has 1 aliphatic rings. The summed E-state index contributed by atoms with van der Waals surface area (Å²) in [7, 11) is 0. The van der Waals surface area contributed by atoms with Crippen molar-refractivity contribution < 1.29 is 38.1 Å². The molecule has 11 heteroatoms. The van der Waals surface area contributed by atoms with Crippen molar-refractivity contribution >= 4 is 22.8 Å². The normalized spacial score (nSPS) is 15.8. The highest BCUT2D eigenvalue weighted by Crippen LogP contribution is 2.28. The van der Waals surface area contributed by atoms with Gasteiger partial charge in [-0.1, -0.05) is 12.1 Å². The van der Waals surface area contributed by atoms with Gasteiger partial charge in [0, 0.05) is 31.3 Å². The molecule has 0 spiro atoms. The van der Waals surface area contributed by atoms with Gasteiger partial charge in [0.05, 0.1) is 17.5 Å². The molecule has 1 aromatic heterocycles. The summed E-state index contributed by atoms with van der Waals surface area (Å²) in [4.78, 5) is 19.1. The zero-order valence-electron chi connectivity index (χ0n) is 17.3. The standard InChI is InChI=1S/C18H17F2N3O2.C4H4O4/c19-12-5-6-17(15(20)9-12)23-16-4-2-1-3-14(16)18(22-23)25-11-13-10-21-7-8-24-13;5-3(6)1-2-4(7)8/h1-6,9,13,21H,7-8,10-11H2;1-2H,(H,5,6)(H,7,8). The number of fused-ring (bicyclic) bond motifs is 1. The largest absolute Gasteiger partial charge is 0.478 e. The molecule has 0 radical (unpaired) electrons. The predicted molar refractivity (Wildman–Crippen MR) is 114 cm³/mol. The molecule has 0 aliphatic carbocycles. The first-order chi connectivity index (χ1) is 15.8. The number of hydrogen-bond donors (Lipinski definition) is 3. The van der Waals surface area contributed by atoms with E-state index in [-0.39, 0.29) is 11.8 Å². The first kappa shape index (κ1) is 23.8. The molecule has 4 rings (SSSR count). The van der Waals surface area contributed by atoms with Crippen LogP contribution in [0.2, 0.25) is 0 Å². The number of nitrogens with zero attached hydrogens (tertiary/aromatic N) is 2. The van der Waals surface area contributed by atoms with E-state index in [1.54, 1.807) is 0 Å². The van der Waals surface area contributed by atoms with E-state index in [0.29, 0.717) is 43.3 Å². The Hall–Kier alpha value is -3.83. The summed E-state index contributed by atoms with van der Waals surface area (Å²) in [6.45, 7) is 2.53. The molecule has 1 atom stereocenters. The van der Waals surface area contributed by atoms with Crippen LogP contribution in [0.1, 0.15) is 0 Å². The molecule has 2 heterocycles. The summed E-state index contributed by atoms with van der Waals surface area (Å²) in [5.41, 5.74) is 0.855. The molecule has 2 aromatic carbocycles. The van der Waals surface area contributed by atoms with Crippen molar-refractivity contribution in [1.82, 2.24) is 15.1 Å². The van der Waals surface area contributed by atoms with E-state index >= 15 is 0 Å². The number of morpholine rings is 1. The van der Waals surface area contributed by atoms with Crippen molar-refractivity contribution in [3.05, 3.63) is 66.3 Å². The molecule has 174 valence electrons. The molecule has 1 aliphatic heterocycles. The summed E-state index contributed by atoms with van der Waals surface area (Å²) in [5, 5.41) is 24.0. The van der Waals surface area contributed by atoms with Crippen LogP contribution in [0, 0.1) is 11.6 Å². The lowest BCUT2D eigenvalue weighted by Crippen LogP contribution is -2.41. The highest BCUT2D eigenvalue weighted by atomic mass is 19.1. The molecule has 3 aromatic rings. The van der Waals surface area contributed by atoms with Crippen molar-refractivity contribution in [2.75, 3.05) is 26.3 Å². The average molecular weight is 461 g/mol. The number of benzene rings is 2. The summed E-state index contributed by atoms with van der Waals surface area (Å²) in [5.74, 6) is -3.43. The Morgan fingerprint density at radius 3 is 2.55 bits per heavy atom. The predicted octanol–water partition coefficient (Wildman–Crippen LogP) is 2.38. The Labute approximate surface area is 186 Å². The molecule has 9 nitrogen and oxygen atoms in total. The Bertz CT molecular complexity index is 1140. The Morgan fingerprint density at radius 1 is 1.18 bits per heavy atom. The third-order valence-electron chi connectivity index (χ3n) is 4.47. The number of halogens is 2. The Kier molecular flexibility index (Phi) is 8.06. The lowest BCUT2D eigenvalue weighted by atomic mass is 10.2. The third kappa shape index (κ3) is 6.57. The fourth-order valence-electron chi connectivity index (χ4n) is 3.02. The zero-order chi connectivity index (χ0) is 23.8. The number of ether oxygens (including phenoxy) is 2. The van der Waals surface area contributed by atoms with Gasteiger partial charge >= 0.3 is 11.9 Å². The second kappa shape index (κ2) is 11.2. The van der Waals surface area contributed by atoms with Gasteiger partial charge in [-0.2, -0.15) is 0 Å². The van der Waals surface area contributed by atoms with Gasteiger partial charge in [-0.05, 0) is 24.3 Å². The second-order valence-corrected chi connectivity index (χ2v) is 6.85. The van der Waals surface area contributed by atoms with Crippen LogP contribution in [0.25, 0.3) is 16.6 Å². The lowest BCUT2D eigenvalue weighted by molar-refractivity contribution is -0.134. The molecule has 33 heavy (non-hydrogen) atoms. The maximum Gasteiger partial charge on any atom is 0.328 e. The number of carbonyl (C=O) groups is 2. The van der Waals surface area contributed by atoms with E-state index in [9.17, 15) is 18.4 Å². The Morgan fingerprint density at radius 2 is 1.91 bits per heavy atom. The molecule has 0 saturated carbocycles. The number of nitrogens with one attached hydrogen (secondary N) is 1. The number of aliphatic carboxylic acids is 2. The molecular formula is C22H21F2N3O6. The third-order valence-corrected chi connectivity index (χ3v) is 4.47. The molecule has 0 amide bonds. The van der Waals surface area contributed by atoms with Crippen LogP contribution in [-0.4, -0.2) is 64.3 Å². The second-order valence-electron chi connectivity index (χ2n) is 6.85. The summed E-state index contributed by atoms with van der Waals surface area (Å²) < 4.78 is 40.2. The first-order valence-corrected chi connectivity index (χ1v) is 9.87. The number of para-hydroxylation sites is 1. The quantitative estimate of drug-likeness (QED) is 0.479. The van der Waals surface area contributed by atoms with E-state index in [1.165, 1.54) is 16.8 Å². The highest BCUT2D eigenvalue weighted by molar-refractivity contribution is 5.89. The smallest absolute Gasteiger partial charge is 0.328 e. The molecule has 1 fully saturated rings. The first-order valence-electron chi connectivity index (χ1n) is 9.87. The number of hydrogen-bond acceptors (Lipinski definition) is 6. The summed E-state index contributed by atoms with van der Waals surface area (Å²) in [6.07, 6.45) is 1.06. The van der Waals surface area contributed by atoms with Gasteiger partial charge in [0.1, 0.15) is 24.2 Å². The van der Waals surface area contributed by atoms with Crippen molar-refractivity contribution in [2.24, 2.45) is 0 Å². The minimum absolute atomic E-state index is 0.0554. The van der Waals surface area contributed by atoms with Gasteiger partial charge in [0.15, 0.2) is 5.82 Å². The van der Waals surface area contributed by atoms with Crippen molar-refractivity contribution in [3.8, 4) is 11.6 Å². The lowest BCUT2D eigenvalue weighted by Gasteiger charge is -2.23. The van der Waals surface area contributed by atoms with E-state index in [1.807, 2.05) is 24.3 Å². The van der Waals surface area contributed by atoms with E-state index in [0.717, 1.165) is 18.0 Å². The number of carboxylic acids is 2. The van der Waals surface area contributed by atoms with Gasteiger partial charge in [0.25, 0.3) is 0 Å². The molecule has 3 N–H and O–H groups in total. The van der Waals surface area contributed by atoms with Gasteiger partial charge < -0.3 is 25.0 Å². The number of rotatable bonds is 6. The van der Waals surface area contributed by atoms with Crippen LogP contribution in [-0.2, 0) is 14.3 Å². The van der Waals surface area contributed by atoms with E-state index < -0.39 is 23.6 Å². The Balaban J connectivity index is 0.000000331. The van der Waals surface area contributed by atoms with E-state index in [4.69, 9.17) is 19.7 Å². The van der Waals surface area contributed by atoms with Crippen LogP contribution in [0.4, 0.5) is 8.78 Å².